The van der Waals surface area contributed by atoms with E-state index in [4.69, 9.17) is 14.0 Å². The van der Waals surface area contributed by atoms with E-state index >= 15 is 0 Å². The molecule has 0 unspecified atom stereocenters. The Labute approximate surface area is 156 Å². The van der Waals surface area contributed by atoms with Gasteiger partial charge in [0.1, 0.15) is 0 Å². The summed E-state index contributed by atoms with van der Waals surface area (Å²) in [4.78, 5) is 0.219. The van der Waals surface area contributed by atoms with Crippen molar-refractivity contribution in [3.63, 3.8) is 0 Å². The molecule has 1 N–H and O–H groups in total. The second-order valence-electron chi connectivity index (χ2n) is 8.73. The third-order valence-corrected chi connectivity index (χ3v) is 7.06. The van der Waals surface area contributed by atoms with Crippen molar-refractivity contribution in [2.45, 2.75) is 57.6 Å². The van der Waals surface area contributed by atoms with Crippen LogP contribution in [0, 0.1) is 12.3 Å². The summed E-state index contributed by atoms with van der Waals surface area (Å²) in [6.07, 6.45) is 0. The molecule has 2 heterocycles. The van der Waals surface area contributed by atoms with E-state index in [9.17, 15) is 8.42 Å². The number of hydrogen-bond donors (Lipinski definition) is 1. The molecule has 2 aliphatic rings. The van der Waals surface area contributed by atoms with Gasteiger partial charge in [-0.2, -0.15) is 0 Å². The minimum Gasteiger partial charge on any atom is -0.399 e. The van der Waals surface area contributed by atoms with Crippen LogP contribution < -0.4 is 10.2 Å². The van der Waals surface area contributed by atoms with Gasteiger partial charge in [0.05, 0.1) is 29.3 Å². The molecule has 6 nitrogen and oxygen atoms in total. The first kappa shape index (κ1) is 19.8. The third kappa shape index (κ3) is 3.58. The molecular weight excluding hydrogens is 353 g/mol. The molecule has 0 radical (unpaired) electrons. The monoisotopic (exact) mass is 381 g/mol. The van der Waals surface area contributed by atoms with Gasteiger partial charge in [0.2, 0.25) is 10.0 Å². The van der Waals surface area contributed by atoms with Gasteiger partial charge < -0.3 is 14.0 Å². The van der Waals surface area contributed by atoms with Crippen molar-refractivity contribution in [1.82, 2.24) is 4.72 Å². The quantitative estimate of drug-likeness (QED) is 0.785. The van der Waals surface area contributed by atoms with E-state index in [1.807, 2.05) is 41.5 Å². The van der Waals surface area contributed by atoms with Gasteiger partial charge in [-0.25, -0.2) is 13.1 Å². The van der Waals surface area contributed by atoms with Crippen molar-refractivity contribution >= 4 is 22.6 Å². The summed E-state index contributed by atoms with van der Waals surface area (Å²) in [6, 6.07) is 5.06. The molecule has 0 bridgehead atoms. The Bertz CT molecular complexity index is 786. The molecule has 3 rings (SSSR count). The van der Waals surface area contributed by atoms with Crippen LogP contribution in [0.3, 0.4) is 0 Å². The fourth-order valence-corrected chi connectivity index (χ4v) is 4.15. The topological polar surface area (TPSA) is 73.9 Å². The Balaban J connectivity index is 1.84. The third-order valence-electron chi connectivity index (χ3n) is 5.66. The standard InChI is InChI=1S/C18H28BNO5S/c1-13-7-8-14(26(21,22)20-10-18(6)11-23-12-18)9-15(13)19-24-16(2,3)17(4,5)25-19/h7-9,20H,10-12H2,1-6H3. The first-order valence-electron chi connectivity index (χ1n) is 8.89. The van der Waals surface area contributed by atoms with Gasteiger partial charge in [-0.05, 0) is 52.2 Å². The van der Waals surface area contributed by atoms with Gasteiger partial charge in [0, 0.05) is 12.0 Å². The van der Waals surface area contributed by atoms with Crippen LogP contribution in [-0.4, -0.2) is 46.5 Å². The molecule has 2 saturated heterocycles. The summed E-state index contributed by atoms with van der Waals surface area (Å²) >= 11 is 0. The minimum absolute atomic E-state index is 0.133. The average Bonchev–Trinajstić information content (AvgIpc) is 2.71. The highest BCUT2D eigenvalue weighted by molar-refractivity contribution is 7.89. The lowest BCUT2D eigenvalue weighted by molar-refractivity contribution is -0.0965. The molecule has 2 fully saturated rings. The predicted molar refractivity (Wildman–Crippen MR) is 101 cm³/mol. The SMILES string of the molecule is Cc1ccc(S(=O)(=O)NCC2(C)COC2)cc1B1OC(C)(C)C(C)(C)O1. The predicted octanol–water partition coefficient (Wildman–Crippen LogP) is 1.61. The number of hydrogen-bond acceptors (Lipinski definition) is 5. The molecule has 0 amide bonds. The molecule has 1 aromatic carbocycles. The highest BCUT2D eigenvalue weighted by Gasteiger charge is 2.52. The first-order chi connectivity index (χ1) is 11.9. The number of sulfonamides is 1. The van der Waals surface area contributed by atoms with Crippen LogP contribution >= 0.6 is 0 Å². The van der Waals surface area contributed by atoms with Gasteiger partial charge in [0.15, 0.2) is 0 Å². The maximum atomic E-state index is 12.7. The molecule has 0 atom stereocenters. The van der Waals surface area contributed by atoms with Crippen LogP contribution in [-0.2, 0) is 24.1 Å². The average molecular weight is 381 g/mol. The molecule has 0 spiro atoms. The van der Waals surface area contributed by atoms with Gasteiger partial charge in [0.25, 0.3) is 0 Å². The van der Waals surface area contributed by atoms with Crippen LogP contribution in [0.4, 0.5) is 0 Å². The van der Waals surface area contributed by atoms with E-state index in [1.165, 1.54) is 0 Å². The lowest BCUT2D eigenvalue weighted by atomic mass is 9.76. The fraction of sp³-hybridized carbons (Fsp3) is 0.667. The fourth-order valence-electron chi connectivity index (χ4n) is 2.91. The smallest absolute Gasteiger partial charge is 0.399 e. The Morgan fingerprint density at radius 3 is 2.15 bits per heavy atom. The summed E-state index contributed by atoms with van der Waals surface area (Å²) in [5.41, 5.74) is 0.588. The van der Waals surface area contributed by atoms with Crippen LogP contribution in [0.15, 0.2) is 23.1 Å². The normalized spacial score (nSPS) is 23.7. The van der Waals surface area contributed by atoms with E-state index in [0.717, 1.165) is 11.0 Å². The van der Waals surface area contributed by atoms with Crippen molar-refractivity contribution in [1.29, 1.82) is 0 Å². The minimum atomic E-state index is -3.61. The molecular formula is C18H28BNO5S. The summed E-state index contributed by atoms with van der Waals surface area (Å²) in [6.45, 7) is 13.3. The van der Waals surface area contributed by atoms with E-state index in [2.05, 4.69) is 4.72 Å². The number of aryl methyl sites for hydroxylation is 1. The maximum absolute atomic E-state index is 12.7. The molecule has 0 saturated carbocycles. The molecule has 144 valence electrons. The highest BCUT2D eigenvalue weighted by Crippen LogP contribution is 2.36. The molecule has 0 aliphatic carbocycles. The van der Waals surface area contributed by atoms with Crippen LogP contribution in [0.1, 0.15) is 40.2 Å². The van der Waals surface area contributed by atoms with Gasteiger partial charge in [-0.1, -0.05) is 18.6 Å². The molecule has 2 aliphatic heterocycles. The molecule has 0 aromatic heterocycles. The van der Waals surface area contributed by atoms with Crippen molar-refractivity contribution in [3.05, 3.63) is 23.8 Å². The number of ether oxygens (including phenoxy) is 1. The van der Waals surface area contributed by atoms with Crippen LogP contribution in [0.5, 0.6) is 0 Å². The van der Waals surface area contributed by atoms with Crippen LogP contribution in [0.2, 0.25) is 0 Å². The van der Waals surface area contributed by atoms with E-state index in [0.29, 0.717) is 19.8 Å². The summed E-state index contributed by atoms with van der Waals surface area (Å²) in [7, 11) is -4.20. The summed E-state index contributed by atoms with van der Waals surface area (Å²) < 4.78 is 45.5. The van der Waals surface area contributed by atoms with Crippen molar-refractivity contribution in [2.24, 2.45) is 5.41 Å². The lowest BCUT2D eigenvalue weighted by Gasteiger charge is -2.37. The number of rotatable bonds is 5. The van der Waals surface area contributed by atoms with E-state index < -0.39 is 28.3 Å². The molecule has 1 aromatic rings. The van der Waals surface area contributed by atoms with Gasteiger partial charge in [-0.15, -0.1) is 0 Å². The zero-order valence-corrected chi connectivity index (χ0v) is 17.2. The first-order valence-corrected chi connectivity index (χ1v) is 10.4. The summed E-state index contributed by atoms with van der Waals surface area (Å²) in [5, 5.41) is 0. The maximum Gasteiger partial charge on any atom is 0.495 e. The largest absolute Gasteiger partial charge is 0.495 e. The van der Waals surface area contributed by atoms with E-state index in [-0.39, 0.29) is 10.3 Å². The zero-order valence-electron chi connectivity index (χ0n) is 16.4. The van der Waals surface area contributed by atoms with Crippen molar-refractivity contribution < 1.29 is 22.5 Å². The summed E-state index contributed by atoms with van der Waals surface area (Å²) in [5.74, 6) is 0. The Morgan fingerprint density at radius 2 is 1.65 bits per heavy atom. The molecule has 26 heavy (non-hydrogen) atoms. The lowest BCUT2D eigenvalue weighted by Crippen LogP contribution is -2.48. The second-order valence-corrected chi connectivity index (χ2v) is 10.5. The van der Waals surface area contributed by atoms with Crippen molar-refractivity contribution in [3.8, 4) is 0 Å². The number of nitrogens with one attached hydrogen (secondary N) is 1. The number of benzene rings is 1. The van der Waals surface area contributed by atoms with E-state index in [1.54, 1.807) is 18.2 Å². The van der Waals surface area contributed by atoms with Crippen molar-refractivity contribution in [2.75, 3.05) is 19.8 Å². The van der Waals surface area contributed by atoms with Crippen LogP contribution in [0.25, 0.3) is 0 Å². The Morgan fingerprint density at radius 1 is 1.08 bits per heavy atom. The van der Waals surface area contributed by atoms with Gasteiger partial charge >= 0.3 is 7.12 Å². The van der Waals surface area contributed by atoms with Gasteiger partial charge in [-0.3, -0.25) is 0 Å². The second kappa shape index (κ2) is 6.31. The Hall–Kier alpha value is -0.925. The zero-order chi connectivity index (χ0) is 19.4. The highest BCUT2D eigenvalue weighted by atomic mass is 32.2. The Kier molecular flexibility index (Phi) is 4.81. The molecule has 8 heteroatoms.